The summed E-state index contributed by atoms with van der Waals surface area (Å²) in [6.45, 7) is 0.410. The molecule has 0 saturated carbocycles. The van der Waals surface area contributed by atoms with Crippen LogP contribution in [0.15, 0.2) is 42.7 Å². The second-order valence-corrected chi connectivity index (χ2v) is 7.00. The predicted octanol–water partition coefficient (Wildman–Crippen LogP) is 1.99. The maximum Gasteiger partial charge on any atom is 0.239 e. The molecule has 1 N–H and O–H groups in total. The average molecular weight is 387 g/mol. The summed E-state index contributed by atoms with van der Waals surface area (Å²) in [6.07, 6.45) is 3.35. The van der Waals surface area contributed by atoms with E-state index in [9.17, 15) is 9.59 Å². The van der Waals surface area contributed by atoms with Gasteiger partial charge < -0.3 is 19.7 Å². The molecule has 1 aromatic heterocycles. The van der Waals surface area contributed by atoms with Crippen LogP contribution < -0.4 is 14.8 Å². The highest BCUT2D eigenvalue weighted by molar-refractivity contribution is 8.00. The first-order valence-corrected chi connectivity index (χ1v) is 9.46. The number of nitrogens with one attached hydrogen (secondary N) is 1. The molecule has 2 amide bonds. The fourth-order valence-electron chi connectivity index (χ4n) is 2.82. The van der Waals surface area contributed by atoms with Crippen LogP contribution in [0.5, 0.6) is 11.5 Å². The predicted molar refractivity (Wildman–Crippen MR) is 103 cm³/mol. The van der Waals surface area contributed by atoms with Crippen LogP contribution in [-0.4, -0.2) is 48.2 Å². The zero-order chi connectivity index (χ0) is 19.2. The molecule has 1 saturated heterocycles. The number of hydrogen-bond acceptors (Lipinski definition) is 6. The van der Waals surface area contributed by atoms with Crippen LogP contribution >= 0.6 is 11.8 Å². The third-order valence-electron chi connectivity index (χ3n) is 4.21. The Hall–Kier alpha value is -2.74. The number of nitrogens with zero attached hydrogens (tertiary/aromatic N) is 2. The Labute approximate surface area is 162 Å². The molecule has 0 spiro atoms. The molecule has 1 unspecified atom stereocenters. The van der Waals surface area contributed by atoms with Gasteiger partial charge in [0.15, 0.2) is 11.5 Å². The van der Waals surface area contributed by atoms with E-state index in [1.165, 1.54) is 11.8 Å². The summed E-state index contributed by atoms with van der Waals surface area (Å²) in [6, 6.07) is 9.21. The Kier molecular flexibility index (Phi) is 6.18. The van der Waals surface area contributed by atoms with Gasteiger partial charge in [-0.25, -0.2) is 0 Å². The molecule has 1 aromatic carbocycles. The number of amides is 2. The summed E-state index contributed by atoms with van der Waals surface area (Å²) < 4.78 is 10.6. The fraction of sp³-hybridized carbons (Fsp3) is 0.316. The van der Waals surface area contributed by atoms with Crippen LogP contribution in [0.25, 0.3) is 0 Å². The van der Waals surface area contributed by atoms with E-state index in [0.717, 1.165) is 11.1 Å². The molecule has 3 rings (SSSR count). The van der Waals surface area contributed by atoms with Gasteiger partial charge in [0.1, 0.15) is 11.9 Å². The lowest BCUT2D eigenvalue weighted by Crippen LogP contribution is -2.39. The molecule has 1 aliphatic rings. The van der Waals surface area contributed by atoms with Crippen molar-refractivity contribution >= 4 is 23.6 Å². The number of methoxy groups -OCH3 is 2. The monoisotopic (exact) mass is 387 g/mol. The molecule has 1 aliphatic heterocycles. The van der Waals surface area contributed by atoms with Crippen molar-refractivity contribution < 1.29 is 19.1 Å². The first kappa shape index (κ1) is 19.0. The van der Waals surface area contributed by atoms with Crippen molar-refractivity contribution in [1.29, 1.82) is 0 Å². The Morgan fingerprint density at radius 1 is 1.22 bits per heavy atom. The maximum absolute atomic E-state index is 12.3. The molecular weight excluding hydrogens is 366 g/mol. The molecule has 7 nitrogen and oxygen atoms in total. The molecule has 1 fully saturated rings. The molecule has 27 heavy (non-hydrogen) atoms. The SMILES string of the molecule is COc1ccc(C2SCC(=O)N2CC(=O)NCc2ccncc2)cc1OC. The van der Waals surface area contributed by atoms with E-state index in [2.05, 4.69) is 10.3 Å². The van der Waals surface area contributed by atoms with Gasteiger partial charge >= 0.3 is 0 Å². The van der Waals surface area contributed by atoms with Gasteiger partial charge in [0.2, 0.25) is 11.8 Å². The number of rotatable bonds is 7. The molecule has 1 atom stereocenters. The average Bonchev–Trinajstić information content (AvgIpc) is 3.07. The van der Waals surface area contributed by atoms with Crippen molar-refractivity contribution in [3.05, 3.63) is 53.9 Å². The summed E-state index contributed by atoms with van der Waals surface area (Å²) in [5, 5.41) is 2.61. The lowest BCUT2D eigenvalue weighted by Gasteiger charge is -2.24. The van der Waals surface area contributed by atoms with Gasteiger partial charge in [0.05, 0.1) is 20.0 Å². The summed E-state index contributed by atoms with van der Waals surface area (Å²) in [4.78, 5) is 30.2. The summed E-state index contributed by atoms with van der Waals surface area (Å²) >= 11 is 1.49. The lowest BCUT2D eigenvalue weighted by molar-refractivity contribution is -0.133. The van der Waals surface area contributed by atoms with Gasteiger partial charge in [0.25, 0.3) is 0 Å². The summed E-state index contributed by atoms with van der Waals surface area (Å²) in [7, 11) is 3.14. The van der Waals surface area contributed by atoms with Gasteiger partial charge in [-0.2, -0.15) is 0 Å². The topological polar surface area (TPSA) is 80.8 Å². The molecule has 0 aliphatic carbocycles. The number of pyridine rings is 1. The number of carbonyl (C=O) groups is 2. The van der Waals surface area contributed by atoms with Crippen molar-refractivity contribution in [3.8, 4) is 11.5 Å². The fourth-order valence-corrected chi connectivity index (χ4v) is 4.00. The van der Waals surface area contributed by atoms with E-state index >= 15 is 0 Å². The van der Waals surface area contributed by atoms with Crippen LogP contribution in [0.3, 0.4) is 0 Å². The second kappa shape index (κ2) is 8.77. The minimum absolute atomic E-state index is 0.00985. The van der Waals surface area contributed by atoms with Crippen molar-refractivity contribution in [2.24, 2.45) is 0 Å². The first-order valence-electron chi connectivity index (χ1n) is 8.41. The molecule has 2 aromatic rings. The van der Waals surface area contributed by atoms with Gasteiger partial charge in [-0.15, -0.1) is 11.8 Å². The molecule has 0 radical (unpaired) electrons. The van der Waals surface area contributed by atoms with Crippen molar-refractivity contribution in [2.45, 2.75) is 11.9 Å². The zero-order valence-electron chi connectivity index (χ0n) is 15.2. The van der Waals surface area contributed by atoms with Crippen molar-refractivity contribution in [1.82, 2.24) is 15.2 Å². The summed E-state index contributed by atoms with van der Waals surface area (Å²) in [5.41, 5.74) is 1.85. The molecule has 2 heterocycles. The number of ether oxygens (including phenoxy) is 2. The second-order valence-electron chi connectivity index (χ2n) is 5.93. The Morgan fingerprint density at radius 3 is 2.67 bits per heavy atom. The normalized spacial score (nSPS) is 16.3. The molecular formula is C19H21N3O4S. The van der Waals surface area contributed by atoms with Crippen LogP contribution in [0.1, 0.15) is 16.5 Å². The molecule has 8 heteroatoms. The van der Waals surface area contributed by atoms with E-state index < -0.39 is 0 Å². The van der Waals surface area contributed by atoms with Gasteiger partial charge in [-0.05, 0) is 35.4 Å². The highest BCUT2D eigenvalue weighted by Gasteiger charge is 2.34. The Bertz CT molecular complexity index is 816. The number of hydrogen-bond donors (Lipinski definition) is 1. The van der Waals surface area contributed by atoms with Gasteiger partial charge in [-0.1, -0.05) is 6.07 Å². The minimum atomic E-state index is -0.232. The van der Waals surface area contributed by atoms with E-state index in [1.54, 1.807) is 37.6 Å². The number of thioether (sulfide) groups is 1. The third-order valence-corrected chi connectivity index (χ3v) is 5.47. The van der Waals surface area contributed by atoms with Crippen molar-refractivity contribution in [3.63, 3.8) is 0 Å². The molecule has 142 valence electrons. The first-order chi connectivity index (χ1) is 13.1. The highest BCUT2D eigenvalue weighted by atomic mass is 32.2. The lowest BCUT2D eigenvalue weighted by atomic mass is 10.1. The van der Waals surface area contributed by atoms with Gasteiger partial charge in [0, 0.05) is 18.9 Å². The van der Waals surface area contributed by atoms with E-state index in [1.807, 2.05) is 24.3 Å². The number of aromatic nitrogens is 1. The van der Waals surface area contributed by atoms with Crippen LogP contribution in [0.4, 0.5) is 0 Å². The maximum atomic E-state index is 12.3. The molecule has 0 bridgehead atoms. The Balaban J connectivity index is 1.68. The number of benzene rings is 1. The highest BCUT2D eigenvalue weighted by Crippen LogP contribution is 2.41. The zero-order valence-corrected chi connectivity index (χ0v) is 16.0. The minimum Gasteiger partial charge on any atom is -0.493 e. The van der Waals surface area contributed by atoms with Crippen molar-refractivity contribution in [2.75, 3.05) is 26.5 Å². The van der Waals surface area contributed by atoms with Crippen LogP contribution in [0, 0.1) is 0 Å². The van der Waals surface area contributed by atoms with Gasteiger partial charge in [-0.3, -0.25) is 14.6 Å². The van der Waals surface area contributed by atoms with E-state index in [0.29, 0.717) is 23.8 Å². The van der Waals surface area contributed by atoms with E-state index in [-0.39, 0.29) is 23.7 Å². The van der Waals surface area contributed by atoms with E-state index in [4.69, 9.17) is 9.47 Å². The quantitative estimate of drug-likeness (QED) is 0.783. The Morgan fingerprint density at radius 2 is 1.96 bits per heavy atom. The summed E-state index contributed by atoms with van der Waals surface area (Å²) in [5.74, 6) is 1.30. The number of carbonyl (C=O) groups excluding carboxylic acids is 2. The smallest absolute Gasteiger partial charge is 0.239 e. The largest absolute Gasteiger partial charge is 0.493 e. The third kappa shape index (κ3) is 4.51. The standard InChI is InChI=1S/C19H21N3O4S/c1-25-15-4-3-14(9-16(15)26-2)19-22(18(24)12-27-19)11-17(23)21-10-13-5-7-20-8-6-13/h3-9,19H,10-12H2,1-2H3,(H,21,23). The van der Waals surface area contributed by atoms with Crippen LogP contribution in [0.2, 0.25) is 0 Å². The van der Waals surface area contributed by atoms with Crippen LogP contribution in [-0.2, 0) is 16.1 Å².